The SMILES string of the molecule is CC(=O)NC1CCN(c2cc(Cl)cc3[nH]ncc23)CC1(C)C.CC1(C)CN(c2cc(C#N)cc3[nH]ncc23)CCN1S(C)(=O)=O.CN1CCN(c2cc(Cl)cc3[nH]ncc23)CC1=O.CS(=O)(=O)N1CCC(C(O)c2cc(Cl)cc3[nH]ncc23)CC1.O=C1NC2(CCN(c3cc(Cl)cc4[nH]ncc34)CC2)C(=O)N1Cc1ccccc1. The minimum absolute atomic E-state index is 0.00886. The number of aromatic nitrogens is 10. The van der Waals surface area contributed by atoms with E-state index in [2.05, 4.69) is 96.2 Å². The van der Waals surface area contributed by atoms with E-state index in [9.17, 15) is 46.4 Å². The lowest BCUT2D eigenvalue weighted by Gasteiger charge is -2.46. The van der Waals surface area contributed by atoms with Crippen LogP contribution in [0.2, 0.25) is 20.1 Å². The number of carbonyl (C=O) groups excluding carboxylic acids is 4. The average Bonchev–Trinajstić information content (AvgIpc) is 1.55. The number of fused-ring (bicyclic) bond motifs is 5. The molecule has 2 unspecified atom stereocenters. The minimum Gasteiger partial charge on any atom is -0.388 e. The number of likely N-dealkylation sites (N-methyl/N-ethyl adjacent to an activating group) is 1. The van der Waals surface area contributed by atoms with Crippen LogP contribution in [-0.2, 0) is 41.0 Å². The maximum absolute atomic E-state index is 13.2. The molecule has 6 saturated heterocycles. The Kier molecular flexibility index (Phi) is 24.2. The summed E-state index contributed by atoms with van der Waals surface area (Å²) < 4.78 is 50.0. The molecule has 5 amide bonds. The van der Waals surface area contributed by atoms with Gasteiger partial charge in [0.15, 0.2) is 0 Å². The number of benzene rings is 6. The Labute approximate surface area is 679 Å². The number of halogens is 4. The molecule has 602 valence electrons. The second kappa shape index (κ2) is 33.6. The molecule has 0 saturated carbocycles. The number of aromatic amines is 5. The Bertz CT molecular complexity index is 5680. The normalized spacial score (nSPS) is 19.1. The second-order valence-corrected chi connectivity index (χ2v) is 36.7. The number of H-pyrrole nitrogens is 5. The number of nitrogens with one attached hydrogen (secondary N) is 7. The fraction of sp³-hybridized carbons (Fsp3) is 0.410. The molecule has 30 nitrogen and oxygen atoms in total. The largest absolute Gasteiger partial charge is 0.388 e. The van der Waals surface area contributed by atoms with Crippen molar-refractivity contribution in [3.8, 4) is 6.07 Å². The zero-order valence-electron chi connectivity index (χ0n) is 64.3. The van der Waals surface area contributed by atoms with Crippen molar-refractivity contribution in [2.45, 2.75) is 96.5 Å². The first-order valence-corrected chi connectivity index (χ1v) is 42.5. The van der Waals surface area contributed by atoms with Crippen molar-refractivity contribution in [1.82, 2.24) is 80.0 Å². The Hall–Kier alpha value is -9.82. The Morgan fingerprint density at radius 3 is 1.55 bits per heavy atom. The van der Waals surface area contributed by atoms with E-state index in [1.807, 2.05) is 105 Å². The molecule has 6 aromatic carbocycles. The summed E-state index contributed by atoms with van der Waals surface area (Å²) in [6.45, 7) is 17.5. The van der Waals surface area contributed by atoms with Gasteiger partial charge in [-0.25, -0.2) is 25.9 Å². The van der Waals surface area contributed by atoms with Gasteiger partial charge < -0.3 is 40.2 Å². The maximum atomic E-state index is 13.2. The van der Waals surface area contributed by atoms with Crippen molar-refractivity contribution >= 4 is 167 Å². The highest BCUT2D eigenvalue weighted by atomic mass is 35.5. The van der Waals surface area contributed by atoms with Crippen LogP contribution in [0.1, 0.15) is 89.5 Å². The summed E-state index contributed by atoms with van der Waals surface area (Å²) in [5.41, 5.74) is 9.17. The van der Waals surface area contributed by atoms with Crippen LogP contribution >= 0.6 is 46.4 Å². The van der Waals surface area contributed by atoms with Crippen LogP contribution in [0.25, 0.3) is 54.5 Å². The van der Waals surface area contributed by atoms with Gasteiger partial charge in [0.1, 0.15) is 5.54 Å². The lowest BCUT2D eigenvalue weighted by molar-refractivity contribution is -0.132. The third-order valence-corrected chi connectivity index (χ3v) is 25.8. The minimum atomic E-state index is -3.25. The second-order valence-electron chi connectivity index (χ2n) is 31.1. The predicted octanol–water partition coefficient (Wildman–Crippen LogP) is 11.0. The van der Waals surface area contributed by atoms with E-state index in [0.717, 1.165) is 121 Å². The molecule has 8 N–H and O–H groups in total. The molecule has 2 atom stereocenters. The number of urea groups is 1. The first kappa shape index (κ1) is 82.2. The first-order valence-electron chi connectivity index (χ1n) is 37.3. The van der Waals surface area contributed by atoms with Crippen LogP contribution < -0.4 is 30.2 Å². The van der Waals surface area contributed by atoms with Crippen LogP contribution in [0, 0.1) is 22.7 Å². The van der Waals surface area contributed by atoms with Gasteiger partial charge in [-0.1, -0.05) is 90.6 Å². The lowest BCUT2D eigenvalue weighted by atomic mass is 9.78. The highest BCUT2D eigenvalue weighted by Crippen LogP contribution is 2.41. The topological polar surface area (TPSA) is 374 Å². The van der Waals surface area contributed by atoms with E-state index in [0.29, 0.717) is 110 Å². The molecule has 0 bridgehead atoms. The van der Waals surface area contributed by atoms with Gasteiger partial charge >= 0.3 is 6.03 Å². The quantitative estimate of drug-likeness (QED) is 0.0558. The summed E-state index contributed by atoms with van der Waals surface area (Å²) in [5.74, 6) is 0.0319. The Balaban J connectivity index is 0.000000125. The van der Waals surface area contributed by atoms with Crippen molar-refractivity contribution in [1.29, 1.82) is 5.26 Å². The summed E-state index contributed by atoms with van der Waals surface area (Å²) in [6, 6.07) is 30.1. The monoisotopic (exact) mass is 1670 g/mol. The fourth-order valence-electron chi connectivity index (χ4n) is 16.3. The molecule has 0 radical (unpaired) electrons. The number of carbonyl (C=O) groups is 4. The number of piperidine rings is 3. The van der Waals surface area contributed by atoms with E-state index in [4.69, 9.17) is 46.4 Å². The molecule has 114 heavy (non-hydrogen) atoms. The number of amides is 5. The van der Waals surface area contributed by atoms with Crippen LogP contribution in [0.5, 0.6) is 0 Å². The third kappa shape index (κ3) is 18.1. The molecular formula is C78H91Cl4N21O9S2. The number of imide groups is 1. The van der Waals surface area contributed by atoms with Gasteiger partial charge in [-0.2, -0.15) is 35.1 Å². The molecule has 6 aliphatic rings. The number of hydrogen-bond donors (Lipinski definition) is 8. The number of anilines is 4. The average molecular weight is 1670 g/mol. The summed E-state index contributed by atoms with van der Waals surface area (Å²) in [4.78, 5) is 60.6. The molecule has 36 heteroatoms. The van der Waals surface area contributed by atoms with E-state index < -0.39 is 37.2 Å². The lowest BCUT2D eigenvalue weighted by Crippen LogP contribution is -2.60. The summed E-state index contributed by atoms with van der Waals surface area (Å²) in [5, 5.41) is 68.2. The number of aliphatic hydroxyl groups is 1. The van der Waals surface area contributed by atoms with Gasteiger partial charge in [0.2, 0.25) is 31.9 Å². The molecule has 11 aromatic rings. The number of sulfonamides is 2. The van der Waals surface area contributed by atoms with E-state index >= 15 is 0 Å². The number of nitrogens with zero attached hydrogens (tertiary/aromatic N) is 14. The van der Waals surface area contributed by atoms with Crippen molar-refractivity contribution in [3.63, 3.8) is 0 Å². The standard InChI is InChI=1S/C21H20ClN5O2.C16H21ClN4O.C15H19N5O2S.C14H18ClN3O3S.C12H13ClN4O/c22-15-10-17-16(12-23-25-17)18(11-15)26-8-6-21(7-9-26)19(28)27(20(29)24-21)13-14-4-2-1-3-5-14;1-10(22)19-15-4-5-21(9-16(15,2)3)14-7-11(17)6-13-12(14)8-18-20-13;1-15(2)10-19(4-5-20(15)23(3,21)22)14-7-11(8-16)6-13-12(14)9-17-18-13;1-22(20,21)18-4-2-9(3-5-18)14(19)11-6-10(15)7-13-12(11)8-16-17-13;1-16-2-3-17(7-12(16)18)11-5-8(13)4-10-9(11)6-14-15-10/h1-5,10-12H,6-9,13H2,(H,23,25)(H,24,29);6-8,15H,4-5,9H2,1-3H3,(H,18,20)(H,19,22);6-7,9H,4-5,10H2,1-3H3,(H,17,18);6-9,14,19H,2-5H2,1H3,(H,16,17);4-6H,2-3,7H2,1H3,(H,14,15). The molecule has 0 aliphatic carbocycles. The zero-order valence-corrected chi connectivity index (χ0v) is 69.0. The van der Waals surface area contributed by atoms with Gasteiger partial charge in [0.05, 0.1) is 102 Å². The fourth-order valence-corrected chi connectivity index (χ4v) is 19.4. The molecular weight excluding hydrogens is 1580 g/mol. The number of aliphatic hydroxyl groups excluding tert-OH is 1. The van der Waals surface area contributed by atoms with Gasteiger partial charge in [0, 0.05) is 173 Å². The Morgan fingerprint density at radius 1 is 0.588 bits per heavy atom. The van der Waals surface area contributed by atoms with Crippen molar-refractivity contribution < 1.29 is 41.1 Å². The zero-order chi connectivity index (χ0) is 81.3. The number of rotatable bonds is 11. The van der Waals surface area contributed by atoms with E-state index in [1.54, 1.807) is 54.8 Å². The van der Waals surface area contributed by atoms with Crippen LogP contribution in [0.4, 0.5) is 27.5 Å². The molecule has 6 aliphatic heterocycles. The number of hydrogen-bond acceptors (Lipinski definition) is 19. The molecule has 11 heterocycles. The molecule has 1 spiro atoms. The molecule has 6 fully saturated rings. The first-order chi connectivity index (χ1) is 54.1. The van der Waals surface area contributed by atoms with Crippen molar-refractivity contribution in [2.24, 2.45) is 11.3 Å². The number of piperazine rings is 2. The smallest absolute Gasteiger partial charge is 0.325 e. The number of nitriles is 1. The van der Waals surface area contributed by atoms with Crippen LogP contribution in [-0.4, -0.2) is 230 Å². The van der Waals surface area contributed by atoms with E-state index in [-0.39, 0.29) is 41.1 Å². The van der Waals surface area contributed by atoms with E-state index in [1.165, 1.54) is 26.0 Å². The summed E-state index contributed by atoms with van der Waals surface area (Å²) in [6.07, 6.45) is 13.9. The van der Waals surface area contributed by atoms with Gasteiger partial charge in [-0.15, -0.1) is 0 Å². The third-order valence-electron chi connectivity index (χ3n) is 22.2. The maximum Gasteiger partial charge on any atom is 0.325 e. The highest BCUT2D eigenvalue weighted by Gasteiger charge is 2.52. The van der Waals surface area contributed by atoms with Gasteiger partial charge in [-0.3, -0.25) is 44.8 Å². The van der Waals surface area contributed by atoms with Crippen molar-refractivity contribution in [3.05, 3.63) is 159 Å². The molecule has 17 rings (SSSR count). The Morgan fingerprint density at radius 2 is 1.06 bits per heavy atom. The molecule has 5 aromatic heterocycles. The van der Waals surface area contributed by atoms with Gasteiger partial charge in [0.25, 0.3) is 5.91 Å². The summed E-state index contributed by atoms with van der Waals surface area (Å²) in [7, 11) is -4.58. The van der Waals surface area contributed by atoms with Crippen LogP contribution in [0.15, 0.2) is 122 Å². The predicted molar refractivity (Wildman–Crippen MR) is 445 cm³/mol. The van der Waals surface area contributed by atoms with Crippen molar-refractivity contribution in [2.75, 3.05) is 118 Å². The van der Waals surface area contributed by atoms with Gasteiger partial charge in [-0.05, 0) is 124 Å². The summed E-state index contributed by atoms with van der Waals surface area (Å²) >= 11 is 24.7. The highest BCUT2D eigenvalue weighted by molar-refractivity contribution is 7.88. The van der Waals surface area contributed by atoms with Crippen LogP contribution in [0.3, 0.4) is 0 Å².